The summed E-state index contributed by atoms with van der Waals surface area (Å²) in [7, 11) is 0. The van der Waals surface area contributed by atoms with E-state index in [0.29, 0.717) is 13.0 Å². The highest BCUT2D eigenvalue weighted by molar-refractivity contribution is 5.84. The van der Waals surface area contributed by atoms with Crippen molar-refractivity contribution >= 4 is 18.0 Å². The van der Waals surface area contributed by atoms with Crippen LogP contribution in [0.25, 0.3) is 11.1 Å². The van der Waals surface area contributed by atoms with E-state index in [4.69, 9.17) is 16.3 Å². The Labute approximate surface area is 205 Å². The summed E-state index contributed by atoms with van der Waals surface area (Å²) in [6.45, 7) is 0.0473. The molecule has 1 saturated carbocycles. The van der Waals surface area contributed by atoms with Crippen molar-refractivity contribution in [1.82, 2.24) is 10.2 Å². The third-order valence-electron chi connectivity index (χ3n) is 7.00. The molecule has 2 aliphatic rings. The lowest BCUT2D eigenvalue weighted by molar-refractivity contribution is -0.147. The Morgan fingerprint density at radius 1 is 1.03 bits per heavy atom. The lowest BCUT2D eigenvalue weighted by Gasteiger charge is -2.33. The number of hydrogen-bond acceptors (Lipinski definition) is 4. The largest absolute Gasteiger partial charge is 0.480 e. The molecule has 7 heteroatoms. The van der Waals surface area contributed by atoms with Crippen molar-refractivity contribution in [2.24, 2.45) is 11.8 Å². The lowest BCUT2D eigenvalue weighted by atomic mass is 9.78. The van der Waals surface area contributed by atoms with Crippen LogP contribution in [0.5, 0.6) is 0 Å². The third-order valence-corrected chi connectivity index (χ3v) is 7.00. The fraction of sp³-hybridized carbons (Fsp3) is 0.393. The van der Waals surface area contributed by atoms with E-state index in [9.17, 15) is 14.4 Å². The third kappa shape index (κ3) is 5.48. The number of carboxylic acid groups (broad SMARTS) is 1. The number of carboxylic acids is 1. The molecule has 1 fully saturated rings. The van der Waals surface area contributed by atoms with Gasteiger partial charge in [0.2, 0.25) is 5.91 Å². The molecule has 182 valence electrons. The highest BCUT2D eigenvalue weighted by Gasteiger charge is 2.35. The fourth-order valence-corrected chi connectivity index (χ4v) is 5.36. The Kier molecular flexibility index (Phi) is 7.71. The smallest absolute Gasteiger partial charge is 0.407 e. The summed E-state index contributed by atoms with van der Waals surface area (Å²) >= 11 is 0. The standard InChI is InChI=1S/C28H30N2O5/c1-2-15-30(17-26(31)32)27(33)20-10-4-3-9-19(20)16-29-28(34)35-18-25-23-13-7-5-11-21(23)22-12-6-8-14-24(22)25/h1,5-8,11-14,19-20,25H,3-4,9-10,15-18H2,(H,29,34)(H,31,32)/t19-,20-/m0/s1. The van der Waals surface area contributed by atoms with Crippen molar-refractivity contribution in [2.75, 3.05) is 26.2 Å². The van der Waals surface area contributed by atoms with Gasteiger partial charge < -0.3 is 20.1 Å². The van der Waals surface area contributed by atoms with E-state index in [0.717, 1.165) is 30.4 Å². The highest BCUT2D eigenvalue weighted by atomic mass is 16.5. The van der Waals surface area contributed by atoms with Gasteiger partial charge in [0.1, 0.15) is 13.2 Å². The minimum atomic E-state index is -1.10. The van der Waals surface area contributed by atoms with Crippen LogP contribution < -0.4 is 5.32 Å². The number of benzene rings is 2. The predicted molar refractivity (Wildman–Crippen MR) is 132 cm³/mol. The van der Waals surface area contributed by atoms with Gasteiger partial charge in [-0.3, -0.25) is 9.59 Å². The molecule has 0 unspecified atom stereocenters. The molecule has 0 radical (unpaired) electrons. The Morgan fingerprint density at radius 3 is 2.29 bits per heavy atom. The van der Waals surface area contributed by atoms with Crippen LogP contribution in [-0.2, 0) is 14.3 Å². The molecule has 0 aromatic heterocycles. The quantitative estimate of drug-likeness (QED) is 0.566. The van der Waals surface area contributed by atoms with Gasteiger partial charge in [-0.1, -0.05) is 67.3 Å². The lowest BCUT2D eigenvalue weighted by Crippen LogP contribution is -2.45. The van der Waals surface area contributed by atoms with E-state index >= 15 is 0 Å². The molecule has 7 nitrogen and oxygen atoms in total. The first-order valence-electron chi connectivity index (χ1n) is 12.0. The van der Waals surface area contributed by atoms with E-state index in [2.05, 4.69) is 35.5 Å². The number of alkyl carbamates (subject to hydrolysis) is 1. The van der Waals surface area contributed by atoms with Crippen LogP contribution in [0.3, 0.4) is 0 Å². The fourth-order valence-electron chi connectivity index (χ4n) is 5.36. The maximum Gasteiger partial charge on any atom is 0.407 e. The zero-order valence-electron chi connectivity index (χ0n) is 19.6. The molecule has 2 N–H and O–H groups in total. The van der Waals surface area contributed by atoms with E-state index in [1.54, 1.807) is 0 Å². The second kappa shape index (κ2) is 11.1. The summed E-state index contributed by atoms with van der Waals surface area (Å²) < 4.78 is 5.62. The van der Waals surface area contributed by atoms with Gasteiger partial charge in [-0.15, -0.1) is 6.42 Å². The van der Waals surface area contributed by atoms with Crippen molar-refractivity contribution in [3.8, 4) is 23.5 Å². The molecule has 4 rings (SSSR count). The Morgan fingerprint density at radius 2 is 1.66 bits per heavy atom. The summed E-state index contributed by atoms with van der Waals surface area (Å²) in [5.74, 6) is 0.524. The summed E-state index contributed by atoms with van der Waals surface area (Å²) in [5.41, 5.74) is 4.62. The number of aliphatic carboxylic acids is 1. The van der Waals surface area contributed by atoms with Crippen LogP contribution >= 0.6 is 0 Å². The van der Waals surface area contributed by atoms with E-state index in [1.165, 1.54) is 16.0 Å². The number of rotatable bonds is 8. The van der Waals surface area contributed by atoms with Crippen LogP contribution in [0.2, 0.25) is 0 Å². The molecule has 0 bridgehead atoms. The minimum Gasteiger partial charge on any atom is -0.480 e. The molecular weight excluding hydrogens is 444 g/mol. The van der Waals surface area contributed by atoms with Crippen LogP contribution in [-0.4, -0.2) is 54.2 Å². The summed E-state index contributed by atoms with van der Waals surface area (Å²) in [6.07, 6.45) is 8.08. The molecule has 0 aliphatic heterocycles. The Bertz CT molecular complexity index is 1090. The number of carbonyl (C=O) groups excluding carboxylic acids is 2. The number of nitrogens with zero attached hydrogens (tertiary/aromatic N) is 1. The van der Waals surface area contributed by atoms with Crippen LogP contribution in [0.1, 0.15) is 42.7 Å². The molecule has 2 aromatic rings. The first-order valence-corrected chi connectivity index (χ1v) is 12.0. The molecule has 2 amide bonds. The van der Waals surface area contributed by atoms with Gasteiger partial charge in [0.05, 0.1) is 6.54 Å². The van der Waals surface area contributed by atoms with Crippen LogP contribution in [0.15, 0.2) is 48.5 Å². The van der Waals surface area contributed by atoms with E-state index < -0.39 is 18.6 Å². The SMILES string of the molecule is C#CCN(CC(=O)O)C(=O)[C@H]1CCCC[C@H]1CNC(=O)OCC1c2ccccc2-c2ccccc21. The van der Waals surface area contributed by atoms with Gasteiger partial charge >= 0.3 is 12.1 Å². The molecule has 2 atom stereocenters. The monoisotopic (exact) mass is 474 g/mol. The predicted octanol–water partition coefficient (Wildman–Crippen LogP) is 3.88. The van der Waals surface area contributed by atoms with Gasteiger partial charge in [0.25, 0.3) is 0 Å². The molecule has 35 heavy (non-hydrogen) atoms. The van der Waals surface area contributed by atoms with Crippen molar-refractivity contribution in [1.29, 1.82) is 0 Å². The molecule has 2 aromatic carbocycles. The van der Waals surface area contributed by atoms with Crippen molar-refractivity contribution in [3.05, 3.63) is 59.7 Å². The average molecular weight is 475 g/mol. The number of ether oxygens (including phenoxy) is 1. The van der Waals surface area contributed by atoms with Gasteiger partial charge in [-0.2, -0.15) is 0 Å². The van der Waals surface area contributed by atoms with Crippen LogP contribution in [0, 0.1) is 24.2 Å². The van der Waals surface area contributed by atoms with Gasteiger partial charge in [-0.05, 0) is 41.0 Å². The van der Waals surface area contributed by atoms with E-state index in [-0.39, 0.29) is 36.8 Å². The zero-order chi connectivity index (χ0) is 24.8. The number of fused-ring (bicyclic) bond motifs is 3. The maximum atomic E-state index is 13.0. The normalized spacial score (nSPS) is 18.6. The van der Waals surface area contributed by atoms with Gasteiger partial charge in [0, 0.05) is 18.4 Å². The zero-order valence-corrected chi connectivity index (χ0v) is 19.6. The van der Waals surface area contributed by atoms with E-state index in [1.807, 2.05) is 24.3 Å². The number of terminal acetylenes is 1. The first-order chi connectivity index (χ1) is 17.0. The summed E-state index contributed by atoms with van der Waals surface area (Å²) in [6, 6.07) is 16.3. The highest BCUT2D eigenvalue weighted by Crippen LogP contribution is 2.44. The maximum absolute atomic E-state index is 13.0. The Balaban J connectivity index is 1.35. The second-order valence-electron chi connectivity index (χ2n) is 9.15. The van der Waals surface area contributed by atoms with Crippen molar-refractivity contribution in [3.63, 3.8) is 0 Å². The minimum absolute atomic E-state index is 0.0227. The van der Waals surface area contributed by atoms with Gasteiger partial charge in [0.15, 0.2) is 0 Å². The molecule has 0 spiro atoms. The molecule has 2 aliphatic carbocycles. The first kappa shape index (κ1) is 24.3. The molecule has 0 saturated heterocycles. The summed E-state index contributed by atoms with van der Waals surface area (Å²) in [4.78, 5) is 38.0. The van der Waals surface area contributed by atoms with Gasteiger partial charge in [-0.25, -0.2) is 4.79 Å². The number of amides is 2. The number of carbonyl (C=O) groups is 3. The van der Waals surface area contributed by atoms with Crippen LogP contribution in [0.4, 0.5) is 4.79 Å². The molecule has 0 heterocycles. The Hall–Kier alpha value is -3.79. The number of nitrogens with one attached hydrogen (secondary N) is 1. The number of hydrogen-bond donors (Lipinski definition) is 2. The topological polar surface area (TPSA) is 95.9 Å². The average Bonchev–Trinajstić information content (AvgIpc) is 3.19. The molecular formula is C28H30N2O5. The van der Waals surface area contributed by atoms with Crippen molar-refractivity contribution in [2.45, 2.75) is 31.6 Å². The van der Waals surface area contributed by atoms with Crippen molar-refractivity contribution < 1.29 is 24.2 Å². The summed E-state index contributed by atoms with van der Waals surface area (Å²) in [5, 5.41) is 12.0. The second-order valence-corrected chi connectivity index (χ2v) is 9.15.